The van der Waals surface area contributed by atoms with Gasteiger partial charge in [0.1, 0.15) is 0 Å². The summed E-state index contributed by atoms with van der Waals surface area (Å²) in [5, 5.41) is 1.34. The lowest BCUT2D eigenvalue weighted by Gasteiger charge is -2.17. The van der Waals surface area contributed by atoms with Crippen LogP contribution in [0.25, 0.3) is 0 Å². The number of thioether (sulfide) groups is 1. The van der Waals surface area contributed by atoms with Gasteiger partial charge in [0.05, 0.1) is 6.33 Å². The lowest BCUT2D eigenvalue weighted by molar-refractivity contribution is 0.624. The first kappa shape index (κ1) is 18.9. The highest BCUT2D eigenvalue weighted by molar-refractivity contribution is 7.99. The number of nitrogen functional groups attached to an aromatic ring is 1. The molecule has 3 aromatic rings. The van der Waals surface area contributed by atoms with E-state index in [1.165, 1.54) is 11.1 Å². The van der Waals surface area contributed by atoms with E-state index >= 15 is 0 Å². The quantitative estimate of drug-likeness (QED) is 0.521. The number of aromatic nitrogens is 2. The summed E-state index contributed by atoms with van der Waals surface area (Å²) in [6.45, 7) is 0.986. The second kappa shape index (κ2) is 9.70. The largest absolute Gasteiger partial charge is 0.399 e. The number of rotatable bonds is 9. The molecule has 0 aliphatic rings. The van der Waals surface area contributed by atoms with Gasteiger partial charge < -0.3 is 10.3 Å². The van der Waals surface area contributed by atoms with Gasteiger partial charge in [-0.25, -0.2) is 4.98 Å². The van der Waals surface area contributed by atoms with Crippen molar-refractivity contribution >= 4 is 29.1 Å². The highest BCUT2D eigenvalue weighted by Crippen LogP contribution is 2.22. The second-order valence-electron chi connectivity index (χ2n) is 6.41. The minimum atomic E-state index is 0.550. The van der Waals surface area contributed by atoms with E-state index in [0.717, 1.165) is 42.3 Å². The number of imidazole rings is 1. The Hall–Kier alpha value is -1.91. The summed E-state index contributed by atoms with van der Waals surface area (Å²) in [6.07, 6.45) is 9.03. The summed E-state index contributed by atoms with van der Waals surface area (Å²) in [5.41, 5.74) is 9.26. The molecule has 0 amide bonds. The molecule has 0 bridgehead atoms. The lowest BCUT2D eigenvalue weighted by Crippen LogP contribution is -2.14. The van der Waals surface area contributed by atoms with E-state index in [9.17, 15) is 0 Å². The molecule has 26 heavy (non-hydrogen) atoms. The van der Waals surface area contributed by atoms with Crippen molar-refractivity contribution in [3.8, 4) is 0 Å². The Labute approximate surface area is 164 Å². The van der Waals surface area contributed by atoms with Crippen LogP contribution in [0.5, 0.6) is 0 Å². The number of anilines is 1. The number of nitrogens with two attached hydrogens (primary N) is 1. The van der Waals surface area contributed by atoms with Gasteiger partial charge in [-0.2, -0.15) is 11.8 Å². The van der Waals surface area contributed by atoms with Gasteiger partial charge in [0, 0.05) is 34.9 Å². The highest BCUT2D eigenvalue weighted by atomic mass is 35.5. The lowest BCUT2D eigenvalue weighted by atomic mass is 10.1. The van der Waals surface area contributed by atoms with Gasteiger partial charge in [-0.15, -0.1) is 0 Å². The van der Waals surface area contributed by atoms with Gasteiger partial charge in [-0.1, -0.05) is 35.9 Å². The van der Waals surface area contributed by atoms with Crippen LogP contribution in [0.2, 0.25) is 5.02 Å². The molecule has 0 saturated heterocycles. The first-order chi connectivity index (χ1) is 12.7. The summed E-state index contributed by atoms with van der Waals surface area (Å²) in [7, 11) is 0. The Morgan fingerprint density at radius 1 is 1.00 bits per heavy atom. The van der Waals surface area contributed by atoms with E-state index in [0.29, 0.717) is 5.25 Å². The van der Waals surface area contributed by atoms with Crippen LogP contribution in [0, 0.1) is 0 Å². The fourth-order valence-corrected chi connectivity index (χ4v) is 4.24. The summed E-state index contributed by atoms with van der Waals surface area (Å²) in [4.78, 5) is 4.17. The third-order valence-electron chi connectivity index (χ3n) is 4.37. The minimum absolute atomic E-state index is 0.550. The SMILES string of the molecule is Nc1ccc(CCSC(CCc2ccc(Cl)cc2)Cn2ccnc2)cc1. The van der Waals surface area contributed by atoms with Gasteiger partial charge in [-0.3, -0.25) is 0 Å². The number of benzene rings is 2. The van der Waals surface area contributed by atoms with Crippen LogP contribution in [0.3, 0.4) is 0 Å². The Balaban J connectivity index is 1.53. The van der Waals surface area contributed by atoms with Crippen LogP contribution >= 0.6 is 23.4 Å². The zero-order chi connectivity index (χ0) is 18.2. The van der Waals surface area contributed by atoms with E-state index in [-0.39, 0.29) is 0 Å². The highest BCUT2D eigenvalue weighted by Gasteiger charge is 2.11. The molecule has 2 aromatic carbocycles. The van der Waals surface area contributed by atoms with Crippen molar-refractivity contribution in [2.24, 2.45) is 0 Å². The van der Waals surface area contributed by atoms with Gasteiger partial charge >= 0.3 is 0 Å². The van der Waals surface area contributed by atoms with Crippen molar-refractivity contribution < 1.29 is 0 Å². The molecule has 0 radical (unpaired) electrons. The normalized spacial score (nSPS) is 12.2. The third-order valence-corrected chi connectivity index (χ3v) is 5.91. The molecule has 1 heterocycles. The molecule has 1 unspecified atom stereocenters. The molecule has 0 aliphatic carbocycles. The van der Waals surface area contributed by atoms with Crippen molar-refractivity contribution in [1.29, 1.82) is 0 Å². The van der Waals surface area contributed by atoms with E-state index < -0.39 is 0 Å². The van der Waals surface area contributed by atoms with E-state index in [1.54, 1.807) is 0 Å². The Kier molecular flexibility index (Phi) is 7.04. The van der Waals surface area contributed by atoms with Crippen molar-refractivity contribution in [1.82, 2.24) is 9.55 Å². The molecular formula is C21H24ClN3S. The monoisotopic (exact) mass is 385 g/mol. The van der Waals surface area contributed by atoms with Gasteiger partial charge in [0.2, 0.25) is 0 Å². The molecule has 3 rings (SSSR count). The van der Waals surface area contributed by atoms with E-state index in [1.807, 2.05) is 54.7 Å². The van der Waals surface area contributed by atoms with Gasteiger partial charge in [-0.05, 0) is 60.4 Å². The number of nitrogens with zero attached hydrogens (tertiary/aromatic N) is 2. The maximum atomic E-state index is 5.98. The molecular weight excluding hydrogens is 362 g/mol. The Morgan fingerprint density at radius 3 is 2.38 bits per heavy atom. The molecule has 1 atom stereocenters. The zero-order valence-corrected chi connectivity index (χ0v) is 16.3. The predicted octanol–water partition coefficient (Wildman–Crippen LogP) is 5.10. The third kappa shape index (κ3) is 6.11. The number of halogens is 1. The maximum absolute atomic E-state index is 5.98. The molecule has 2 N–H and O–H groups in total. The molecule has 0 saturated carbocycles. The first-order valence-corrected chi connectivity index (χ1v) is 10.3. The molecule has 5 heteroatoms. The summed E-state index contributed by atoms with van der Waals surface area (Å²) in [6, 6.07) is 16.4. The maximum Gasteiger partial charge on any atom is 0.0946 e. The van der Waals surface area contributed by atoms with Crippen molar-refractivity contribution in [3.05, 3.63) is 83.4 Å². The van der Waals surface area contributed by atoms with E-state index in [4.69, 9.17) is 17.3 Å². The van der Waals surface area contributed by atoms with E-state index in [2.05, 4.69) is 33.8 Å². The minimum Gasteiger partial charge on any atom is -0.399 e. The standard InChI is InChI=1S/C21H24ClN3S/c22-19-6-1-17(2-7-19)5-10-21(15-25-13-12-24-16-25)26-14-11-18-3-8-20(23)9-4-18/h1-4,6-9,12-13,16,21H,5,10-11,14-15,23H2. The van der Waals surface area contributed by atoms with Crippen LogP contribution in [0.4, 0.5) is 5.69 Å². The van der Waals surface area contributed by atoms with Crippen LogP contribution in [-0.2, 0) is 19.4 Å². The smallest absolute Gasteiger partial charge is 0.0946 e. The van der Waals surface area contributed by atoms with Crippen molar-refractivity contribution in [2.75, 3.05) is 11.5 Å². The molecule has 1 aromatic heterocycles. The summed E-state index contributed by atoms with van der Waals surface area (Å²) in [5.74, 6) is 1.10. The Morgan fingerprint density at radius 2 is 1.69 bits per heavy atom. The fraction of sp³-hybridized carbons (Fsp3) is 0.286. The van der Waals surface area contributed by atoms with Gasteiger partial charge in [0.25, 0.3) is 0 Å². The first-order valence-electron chi connectivity index (χ1n) is 8.85. The molecule has 0 spiro atoms. The van der Waals surface area contributed by atoms with Crippen LogP contribution in [-0.4, -0.2) is 20.6 Å². The second-order valence-corrected chi connectivity index (χ2v) is 8.25. The molecule has 136 valence electrons. The fourth-order valence-electron chi connectivity index (χ4n) is 2.86. The van der Waals surface area contributed by atoms with Crippen LogP contribution < -0.4 is 5.73 Å². The molecule has 0 fully saturated rings. The number of hydrogen-bond donors (Lipinski definition) is 1. The Bertz CT molecular complexity index is 770. The average Bonchev–Trinajstić information content (AvgIpc) is 3.15. The topological polar surface area (TPSA) is 43.8 Å². The van der Waals surface area contributed by atoms with Crippen LogP contribution in [0.1, 0.15) is 17.5 Å². The molecule has 3 nitrogen and oxygen atoms in total. The zero-order valence-electron chi connectivity index (χ0n) is 14.7. The van der Waals surface area contributed by atoms with Crippen molar-refractivity contribution in [3.63, 3.8) is 0 Å². The van der Waals surface area contributed by atoms with Gasteiger partial charge in [0.15, 0.2) is 0 Å². The summed E-state index contributed by atoms with van der Waals surface area (Å²) >= 11 is 8.02. The number of aryl methyl sites for hydroxylation is 2. The summed E-state index contributed by atoms with van der Waals surface area (Å²) < 4.78 is 2.17. The number of hydrogen-bond acceptors (Lipinski definition) is 3. The predicted molar refractivity (Wildman–Crippen MR) is 113 cm³/mol. The average molecular weight is 386 g/mol. The molecule has 0 aliphatic heterocycles. The van der Waals surface area contributed by atoms with Crippen molar-refractivity contribution in [2.45, 2.75) is 31.1 Å². The van der Waals surface area contributed by atoms with Crippen LogP contribution in [0.15, 0.2) is 67.3 Å².